The van der Waals surface area contributed by atoms with E-state index in [0.29, 0.717) is 12.3 Å². The number of nitrogens with one attached hydrogen (secondary N) is 1. The second-order valence-electron chi connectivity index (χ2n) is 4.91. The number of carbonyl (C=O) groups excluding carboxylic acids is 1. The highest BCUT2D eigenvalue weighted by Crippen LogP contribution is 2.15. The molecule has 0 spiro atoms. The van der Waals surface area contributed by atoms with Crippen LogP contribution >= 0.6 is 0 Å². The first kappa shape index (κ1) is 19.4. The van der Waals surface area contributed by atoms with Crippen molar-refractivity contribution in [3.05, 3.63) is 24.3 Å². The van der Waals surface area contributed by atoms with Crippen molar-refractivity contribution in [3.8, 4) is 5.75 Å². The van der Waals surface area contributed by atoms with Crippen LogP contribution in [-0.4, -0.2) is 58.3 Å². The monoisotopic (exact) mass is 344 g/mol. The summed E-state index contributed by atoms with van der Waals surface area (Å²) in [5, 5.41) is 2.73. The lowest BCUT2D eigenvalue weighted by Gasteiger charge is -2.19. The van der Waals surface area contributed by atoms with Gasteiger partial charge in [0.1, 0.15) is 5.75 Å². The molecule has 1 aromatic rings. The Morgan fingerprint density at radius 2 is 1.87 bits per heavy atom. The molecule has 1 N–H and O–H groups in total. The van der Waals surface area contributed by atoms with Crippen LogP contribution in [0.15, 0.2) is 24.3 Å². The third-order valence-corrected chi connectivity index (χ3v) is 4.35. The molecule has 0 aromatic heterocycles. The van der Waals surface area contributed by atoms with Crippen LogP contribution < -0.4 is 10.1 Å². The molecule has 0 heterocycles. The number of sulfonamides is 1. The summed E-state index contributed by atoms with van der Waals surface area (Å²) in [5.74, 6) is 0.480. The topological polar surface area (TPSA) is 84.9 Å². The molecule has 0 fully saturated rings. The largest absolute Gasteiger partial charge is 0.494 e. The smallest absolute Gasteiger partial charge is 0.225 e. The van der Waals surface area contributed by atoms with Crippen LogP contribution in [0.25, 0.3) is 0 Å². The molecule has 23 heavy (non-hydrogen) atoms. The Morgan fingerprint density at radius 3 is 2.39 bits per heavy atom. The Labute approximate surface area is 137 Å². The van der Waals surface area contributed by atoms with Gasteiger partial charge in [-0.2, -0.15) is 4.31 Å². The molecule has 0 aliphatic heterocycles. The first-order chi connectivity index (χ1) is 10.9. The second kappa shape index (κ2) is 9.49. The number of hydrogen-bond donors (Lipinski definition) is 1. The lowest BCUT2D eigenvalue weighted by atomic mass is 10.3. The minimum Gasteiger partial charge on any atom is -0.494 e. The van der Waals surface area contributed by atoms with E-state index in [9.17, 15) is 13.2 Å². The van der Waals surface area contributed by atoms with E-state index in [0.717, 1.165) is 12.0 Å². The molecule has 0 bridgehead atoms. The van der Waals surface area contributed by atoms with E-state index < -0.39 is 10.0 Å². The van der Waals surface area contributed by atoms with Gasteiger partial charge in [-0.15, -0.1) is 0 Å². The summed E-state index contributed by atoms with van der Waals surface area (Å²) in [6.45, 7) is 3.10. The predicted molar refractivity (Wildman–Crippen MR) is 89.2 cm³/mol. The Kier molecular flexibility index (Phi) is 8.01. The molecule has 0 atom stereocenters. The van der Waals surface area contributed by atoms with E-state index >= 15 is 0 Å². The average molecular weight is 344 g/mol. The fraction of sp³-hybridized carbons (Fsp3) is 0.533. The van der Waals surface area contributed by atoms with Crippen molar-refractivity contribution >= 4 is 21.6 Å². The van der Waals surface area contributed by atoms with Crippen LogP contribution in [0.2, 0.25) is 0 Å². The van der Waals surface area contributed by atoms with Crippen molar-refractivity contribution in [1.82, 2.24) is 4.31 Å². The zero-order valence-corrected chi connectivity index (χ0v) is 14.6. The van der Waals surface area contributed by atoms with Gasteiger partial charge >= 0.3 is 0 Å². The molecule has 1 aromatic carbocycles. The van der Waals surface area contributed by atoms with Gasteiger partial charge in [-0.3, -0.25) is 4.79 Å². The number of anilines is 1. The molecule has 0 saturated carbocycles. The van der Waals surface area contributed by atoms with Gasteiger partial charge in [0.25, 0.3) is 0 Å². The SMILES string of the molecule is CCOc1ccc(NC(=O)CCN(CCOC)S(C)(=O)=O)cc1. The molecule has 7 nitrogen and oxygen atoms in total. The van der Waals surface area contributed by atoms with E-state index in [2.05, 4.69) is 5.32 Å². The molecular weight excluding hydrogens is 320 g/mol. The molecule has 0 unspecified atom stereocenters. The Hall–Kier alpha value is -1.64. The highest BCUT2D eigenvalue weighted by atomic mass is 32.2. The Balaban J connectivity index is 2.51. The average Bonchev–Trinajstić information content (AvgIpc) is 2.48. The standard InChI is InChI=1S/C15H24N2O5S/c1-4-22-14-7-5-13(6-8-14)16-15(18)9-10-17(11-12-21-2)23(3,19)20/h5-8H,4,9-12H2,1-3H3,(H,16,18). The van der Waals surface area contributed by atoms with Gasteiger partial charge in [-0.05, 0) is 31.2 Å². The van der Waals surface area contributed by atoms with Crippen LogP contribution in [0.3, 0.4) is 0 Å². The number of benzene rings is 1. The summed E-state index contributed by atoms with van der Waals surface area (Å²) < 4.78 is 34.7. The quantitative estimate of drug-likeness (QED) is 0.692. The minimum absolute atomic E-state index is 0.0734. The van der Waals surface area contributed by atoms with Gasteiger partial charge < -0.3 is 14.8 Å². The van der Waals surface area contributed by atoms with Gasteiger partial charge in [-0.25, -0.2) is 8.42 Å². The first-order valence-electron chi connectivity index (χ1n) is 7.33. The van der Waals surface area contributed by atoms with Gasteiger partial charge in [-0.1, -0.05) is 0 Å². The number of amides is 1. The van der Waals surface area contributed by atoms with E-state index in [1.807, 2.05) is 6.92 Å². The zero-order chi connectivity index (χ0) is 17.3. The normalized spacial score (nSPS) is 11.5. The van der Waals surface area contributed by atoms with Crippen LogP contribution in [0.5, 0.6) is 5.75 Å². The van der Waals surface area contributed by atoms with Crippen molar-refractivity contribution in [1.29, 1.82) is 0 Å². The van der Waals surface area contributed by atoms with E-state index in [1.165, 1.54) is 11.4 Å². The molecule has 0 saturated heterocycles. The number of hydrogen-bond acceptors (Lipinski definition) is 5. The van der Waals surface area contributed by atoms with Crippen molar-refractivity contribution in [3.63, 3.8) is 0 Å². The van der Waals surface area contributed by atoms with Gasteiger partial charge in [0, 0.05) is 32.3 Å². The highest BCUT2D eigenvalue weighted by Gasteiger charge is 2.17. The molecule has 130 valence electrons. The highest BCUT2D eigenvalue weighted by molar-refractivity contribution is 7.88. The molecule has 1 rings (SSSR count). The first-order valence-corrected chi connectivity index (χ1v) is 9.18. The van der Waals surface area contributed by atoms with Crippen molar-refractivity contribution < 1.29 is 22.7 Å². The van der Waals surface area contributed by atoms with Crippen LogP contribution in [-0.2, 0) is 19.6 Å². The van der Waals surface area contributed by atoms with Crippen LogP contribution in [0.1, 0.15) is 13.3 Å². The van der Waals surface area contributed by atoms with Crippen LogP contribution in [0, 0.1) is 0 Å². The number of nitrogens with zero attached hydrogens (tertiary/aromatic N) is 1. The molecular formula is C15H24N2O5S. The lowest BCUT2D eigenvalue weighted by molar-refractivity contribution is -0.116. The maximum absolute atomic E-state index is 11.9. The predicted octanol–water partition coefficient (Wildman–Crippen LogP) is 1.32. The number of carbonyl (C=O) groups is 1. The maximum atomic E-state index is 11.9. The summed E-state index contributed by atoms with van der Waals surface area (Å²) in [6.07, 6.45) is 1.19. The lowest BCUT2D eigenvalue weighted by Crippen LogP contribution is -2.35. The Bertz CT molecular complexity index is 586. The van der Waals surface area contributed by atoms with E-state index in [4.69, 9.17) is 9.47 Å². The fourth-order valence-electron chi connectivity index (χ4n) is 1.89. The third kappa shape index (κ3) is 7.45. The summed E-state index contributed by atoms with van der Waals surface area (Å²) in [7, 11) is -1.86. The third-order valence-electron chi connectivity index (χ3n) is 3.05. The van der Waals surface area contributed by atoms with Crippen molar-refractivity contribution in [2.24, 2.45) is 0 Å². The summed E-state index contributed by atoms with van der Waals surface area (Å²) in [5.41, 5.74) is 0.640. The van der Waals surface area contributed by atoms with Crippen molar-refractivity contribution in [2.45, 2.75) is 13.3 Å². The Morgan fingerprint density at radius 1 is 1.22 bits per heavy atom. The number of ether oxygens (including phenoxy) is 2. The summed E-state index contributed by atoms with van der Waals surface area (Å²) in [6, 6.07) is 7.01. The molecule has 0 aliphatic rings. The van der Waals surface area contributed by atoms with Gasteiger partial charge in [0.05, 0.1) is 19.5 Å². The summed E-state index contributed by atoms with van der Waals surface area (Å²) >= 11 is 0. The maximum Gasteiger partial charge on any atom is 0.225 e. The second-order valence-corrected chi connectivity index (χ2v) is 6.89. The molecule has 0 aliphatic carbocycles. The minimum atomic E-state index is -3.36. The van der Waals surface area contributed by atoms with Gasteiger partial charge in [0.2, 0.25) is 15.9 Å². The molecule has 1 amide bonds. The fourth-order valence-corrected chi connectivity index (χ4v) is 2.72. The molecule has 8 heteroatoms. The number of rotatable bonds is 10. The van der Waals surface area contributed by atoms with Gasteiger partial charge in [0.15, 0.2) is 0 Å². The van der Waals surface area contributed by atoms with E-state index in [-0.39, 0.29) is 32.0 Å². The van der Waals surface area contributed by atoms with Crippen LogP contribution in [0.4, 0.5) is 5.69 Å². The molecule has 0 radical (unpaired) electrons. The van der Waals surface area contributed by atoms with Crippen molar-refractivity contribution in [2.75, 3.05) is 45.0 Å². The zero-order valence-electron chi connectivity index (χ0n) is 13.7. The summed E-state index contributed by atoms with van der Waals surface area (Å²) in [4.78, 5) is 11.9. The number of methoxy groups -OCH3 is 1. The van der Waals surface area contributed by atoms with E-state index in [1.54, 1.807) is 24.3 Å².